The maximum absolute atomic E-state index is 11.9. The molecule has 0 radical (unpaired) electrons. The first-order valence-corrected chi connectivity index (χ1v) is 7.01. The predicted molar refractivity (Wildman–Crippen MR) is 78.1 cm³/mol. The fraction of sp³-hybridized carbons (Fsp3) is 0.250. The van der Waals surface area contributed by atoms with Gasteiger partial charge in [0.2, 0.25) is 0 Å². The first-order valence-electron chi connectivity index (χ1n) is 5.44. The van der Waals surface area contributed by atoms with Gasteiger partial charge in [0.05, 0.1) is 5.02 Å². The zero-order valence-corrected chi connectivity index (χ0v) is 12.0. The van der Waals surface area contributed by atoms with E-state index in [2.05, 4.69) is 10.6 Å². The lowest BCUT2D eigenvalue weighted by Crippen LogP contribution is -2.29. The number of fused-ring (bicyclic) bond motifs is 1. The van der Waals surface area contributed by atoms with Crippen molar-refractivity contribution in [2.24, 2.45) is 0 Å². The summed E-state index contributed by atoms with van der Waals surface area (Å²) in [6.45, 7) is 1.29. The van der Waals surface area contributed by atoms with E-state index in [9.17, 15) is 4.79 Å². The van der Waals surface area contributed by atoms with Crippen molar-refractivity contribution in [1.29, 1.82) is 0 Å². The summed E-state index contributed by atoms with van der Waals surface area (Å²) < 4.78 is 0.922. The van der Waals surface area contributed by atoms with E-state index >= 15 is 0 Å². The van der Waals surface area contributed by atoms with E-state index < -0.39 is 0 Å². The van der Waals surface area contributed by atoms with E-state index in [1.54, 1.807) is 6.07 Å². The molecule has 1 amide bonds. The highest BCUT2D eigenvalue weighted by molar-refractivity contribution is 7.21. The van der Waals surface area contributed by atoms with Crippen LogP contribution in [0.1, 0.15) is 9.67 Å². The van der Waals surface area contributed by atoms with Gasteiger partial charge in [-0.2, -0.15) is 0 Å². The zero-order chi connectivity index (χ0) is 13.1. The molecule has 1 aromatic carbocycles. The molecular weight excluding hydrogens is 291 g/mol. The van der Waals surface area contributed by atoms with Crippen LogP contribution in [0.5, 0.6) is 0 Å². The number of hydrogen-bond donors (Lipinski definition) is 2. The number of nitrogens with one attached hydrogen (secondary N) is 2. The Morgan fingerprint density at radius 2 is 2.11 bits per heavy atom. The highest BCUT2D eigenvalue weighted by atomic mass is 35.5. The number of amides is 1. The van der Waals surface area contributed by atoms with Crippen LogP contribution in [0, 0.1) is 0 Å². The molecule has 2 aromatic rings. The van der Waals surface area contributed by atoms with Crippen molar-refractivity contribution in [3.05, 3.63) is 33.1 Å². The number of hydrogen-bond acceptors (Lipinski definition) is 3. The van der Waals surface area contributed by atoms with E-state index in [1.807, 2.05) is 19.2 Å². The SMILES string of the molecule is CNCCNC(=O)c1sc2cc(Cl)ccc2c1Cl. The topological polar surface area (TPSA) is 41.1 Å². The second-order valence-electron chi connectivity index (χ2n) is 3.75. The molecule has 0 saturated carbocycles. The van der Waals surface area contributed by atoms with Gasteiger partial charge in [-0.15, -0.1) is 11.3 Å². The van der Waals surface area contributed by atoms with Gasteiger partial charge in [0.25, 0.3) is 5.91 Å². The third-order valence-corrected chi connectivity index (χ3v) is 4.35. The van der Waals surface area contributed by atoms with Crippen LogP contribution in [-0.4, -0.2) is 26.0 Å². The van der Waals surface area contributed by atoms with Gasteiger partial charge in [-0.05, 0) is 19.2 Å². The number of likely N-dealkylation sites (N-methyl/N-ethyl adjacent to an activating group) is 1. The Hall–Kier alpha value is -0.810. The fourth-order valence-electron chi connectivity index (χ4n) is 1.57. The molecule has 1 aromatic heterocycles. The van der Waals surface area contributed by atoms with Gasteiger partial charge in [-0.1, -0.05) is 29.3 Å². The first-order chi connectivity index (χ1) is 8.63. The van der Waals surface area contributed by atoms with Crippen LogP contribution in [0.2, 0.25) is 10.0 Å². The zero-order valence-electron chi connectivity index (χ0n) is 9.72. The van der Waals surface area contributed by atoms with Crippen molar-refractivity contribution < 1.29 is 4.79 Å². The summed E-state index contributed by atoms with van der Waals surface area (Å²) in [7, 11) is 1.83. The summed E-state index contributed by atoms with van der Waals surface area (Å²) in [5.74, 6) is -0.146. The fourth-order valence-corrected chi connectivity index (χ4v) is 3.28. The normalized spacial score (nSPS) is 10.8. The summed E-state index contributed by atoms with van der Waals surface area (Å²) in [4.78, 5) is 12.5. The molecule has 0 unspecified atom stereocenters. The summed E-state index contributed by atoms with van der Waals surface area (Å²) in [6.07, 6.45) is 0. The molecular formula is C12H12Cl2N2OS. The third kappa shape index (κ3) is 2.78. The molecule has 3 nitrogen and oxygen atoms in total. The van der Waals surface area contributed by atoms with Gasteiger partial charge in [0, 0.05) is 28.2 Å². The number of carbonyl (C=O) groups is 1. The second kappa shape index (κ2) is 5.89. The van der Waals surface area contributed by atoms with Gasteiger partial charge < -0.3 is 10.6 Å². The Labute approximate surface area is 119 Å². The first kappa shape index (κ1) is 13.6. The van der Waals surface area contributed by atoms with Crippen LogP contribution in [0.4, 0.5) is 0 Å². The number of carbonyl (C=O) groups excluding carboxylic acids is 1. The standard InChI is InChI=1S/C12H12Cl2N2OS/c1-15-4-5-16-12(17)11-10(14)8-3-2-7(13)6-9(8)18-11/h2-3,6,15H,4-5H2,1H3,(H,16,17). The Balaban J connectivity index is 2.28. The Morgan fingerprint density at radius 1 is 1.33 bits per heavy atom. The number of thiophene rings is 1. The lowest BCUT2D eigenvalue weighted by molar-refractivity contribution is 0.0958. The Bertz CT molecular complexity index is 583. The Kier molecular flexibility index (Phi) is 4.45. The van der Waals surface area contributed by atoms with Gasteiger partial charge in [0.15, 0.2) is 0 Å². The highest BCUT2D eigenvalue weighted by Gasteiger charge is 2.16. The molecule has 2 N–H and O–H groups in total. The summed E-state index contributed by atoms with van der Waals surface area (Å²) in [5.41, 5.74) is 0. The summed E-state index contributed by atoms with van der Waals surface area (Å²) >= 11 is 13.5. The summed E-state index contributed by atoms with van der Waals surface area (Å²) in [5, 5.41) is 7.77. The average molecular weight is 303 g/mol. The monoisotopic (exact) mass is 302 g/mol. The lowest BCUT2D eigenvalue weighted by atomic mass is 10.2. The van der Waals surface area contributed by atoms with Crippen molar-refractivity contribution in [3.8, 4) is 0 Å². The van der Waals surface area contributed by atoms with Crippen molar-refractivity contribution in [2.75, 3.05) is 20.1 Å². The van der Waals surface area contributed by atoms with Crippen molar-refractivity contribution >= 4 is 50.5 Å². The molecule has 0 bridgehead atoms. The van der Waals surface area contributed by atoms with Crippen LogP contribution < -0.4 is 10.6 Å². The molecule has 0 aliphatic heterocycles. The van der Waals surface area contributed by atoms with Crippen molar-refractivity contribution in [3.63, 3.8) is 0 Å². The molecule has 1 heterocycles. The van der Waals surface area contributed by atoms with Crippen LogP contribution in [-0.2, 0) is 0 Å². The highest BCUT2D eigenvalue weighted by Crippen LogP contribution is 2.36. The predicted octanol–water partition coefficient (Wildman–Crippen LogP) is 3.16. The molecule has 18 heavy (non-hydrogen) atoms. The molecule has 0 spiro atoms. The quantitative estimate of drug-likeness (QED) is 0.852. The number of halogens is 2. The summed E-state index contributed by atoms with van der Waals surface area (Å²) in [6, 6.07) is 5.42. The molecule has 96 valence electrons. The molecule has 0 saturated heterocycles. The van der Waals surface area contributed by atoms with E-state index in [0.717, 1.165) is 16.6 Å². The Morgan fingerprint density at radius 3 is 2.83 bits per heavy atom. The molecule has 0 aliphatic rings. The average Bonchev–Trinajstić information content (AvgIpc) is 2.66. The van der Waals surface area contributed by atoms with Crippen LogP contribution in [0.25, 0.3) is 10.1 Å². The lowest BCUT2D eigenvalue weighted by Gasteiger charge is -2.02. The van der Waals surface area contributed by atoms with Gasteiger partial charge in [-0.25, -0.2) is 0 Å². The number of rotatable bonds is 4. The van der Waals surface area contributed by atoms with Gasteiger partial charge in [0.1, 0.15) is 4.88 Å². The smallest absolute Gasteiger partial charge is 0.262 e. The van der Waals surface area contributed by atoms with E-state index in [0.29, 0.717) is 21.5 Å². The van der Waals surface area contributed by atoms with Crippen LogP contribution in [0.3, 0.4) is 0 Å². The maximum atomic E-state index is 11.9. The van der Waals surface area contributed by atoms with Crippen molar-refractivity contribution in [1.82, 2.24) is 10.6 Å². The molecule has 0 atom stereocenters. The van der Waals surface area contributed by atoms with E-state index in [1.165, 1.54) is 11.3 Å². The minimum atomic E-state index is -0.146. The minimum absolute atomic E-state index is 0.146. The maximum Gasteiger partial charge on any atom is 0.262 e. The second-order valence-corrected chi connectivity index (χ2v) is 5.61. The van der Waals surface area contributed by atoms with E-state index in [-0.39, 0.29) is 5.91 Å². The molecule has 2 rings (SSSR count). The molecule has 6 heteroatoms. The third-order valence-electron chi connectivity index (χ3n) is 2.46. The van der Waals surface area contributed by atoms with Crippen LogP contribution >= 0.6 is 34.5 Å². The van der Waals surface area contributed by atoms with Gasteiger partial charge in [-0.3, -0.25) is 4.79 Å². The molecule has 0 aliphatic carbocycles. The van der Waals surface area contributed by atoms with Gasteiger partial charge >= 0.3 is 0 Å². The molecule has 0 fully saturated rings. The van der Waals surface area contributed by atoms with E-state index in [4.69, 9.17) is 23.2 Å². The minimum Gasteiger partial charge on any atom is -0.350 e. The van der Waals surface area contributed by atoms with Crippen LogP contribution in [0.15, 0.2) is 18.2 Å². The largest absolute Gasteiger partial charge is 0.350 e. The van der Waals surface area contributed by atoms with Crippen molar-refractivity contribution in [2.45, 2.75) is 0 Å². The number of benzene rings is 1.